The lowest BCUT2D eigenvalue weighted by molar-refractivity contribution is 0.631. The summed E-state index contributed by atoms with van der Waals surface area (Å²) in [7, 11) is 27.0. The summed E-state index contributed by atoms with van der Waals surface area (Å²) in [6.07, 6.45) is 0. The molecule has 1 aliphatic carbocycles. The number of benzene rings is 9. The van der Waals surface area contributed by atoms with Crippen molar-refractivity contribution < 1.29 is 4.42 Å². The molecule has 11 rings (SSSR count). The normalized spacial score (nSPS) is 12.9. The Hall–Kier alpha value is -6.70. The number of hydrogen-bond acceptors (Lipinski definition) is 1. The molecule has 0 fully saturated rings. The molecule has 58 heavy (non-hydrogen) atoms. The molecule has 0 N–H and O–H groups in total. The van der Waals surface area contributed by atoms with Crippen LogP contribution in [-0.2, 0) is 5.41 Å². The van der Waals surface area contributed by atoms with Crippen molar-refractivity contribution in [3.8, 4) is 44.7 Å². The van der Waals surface area contributed by atoms with Crippen LogP contribution in [0.3, 0.4) is 0 Å². The van der Waals surface area contributed by atoms with Gasteiger partial charge in [-0.05, 0) is 101 Å². The Labute approximate surface area is 343 Å². The third-order valence-corrected chi connectivity index (χ3v) is 12.2. The minimum Gasteiger partial charge on any atom is -0.456 e. The second-order valence-electron chi connectivity index (χ2n) is 15.2. The molecule has 0 spiro atoms. The van der Waals surface area contributed by atoms with Crippen molar-refractivity contribution in [1.29, 1.82) is 0 Å². The van der Waals surface area contributed by atoms with Gasteiger partial charge in [-0.25, -0.2) is 0 Å². The van der Waals surface area contributed by atoms with Gasteiger partial charge in [0.15, 0.2) is 0 Å². The smallest absolute Gasteiger partial charge is 0.135 e. The van der Waals surface area contributed by atoms with E-state index in [0.717, 1.165) is 66.1 Å². The average Bonchev–Trinajstić information content (AvgIpc) is 3.85. The molecule has 1 aliphatic rings. The Morgan fingerprint density at radius 3 is 1.53 bits per heavy atom. The van der Waals surface area contributed by atoms with E-state index < -0.39 is 5.41 Å². The maximum atomic E-state index is 6.95. The van der Waals surface area contributed by atoms with Gasteiger partial charge in [0.2, 0.25) is 0 Å². The highest BCUT2D eigenvalue weighted by molar-refractivity contribution is 6.68. The van der Waals surface area contributed by atoms with E-state index in [2.05, 4.69) is 158 Å². The first-order chi connectivity index (χ1) is 28.4. The van der Waals surface area contributed by atoms with Crippen LogP contribution in [0.2, 0.25) is 0 Å². The summed E-state index contributed by atoms with van der Waals surface area (Å²) < 4.78 is 6.66. The minimum absolute atomic E-state index is 0.286. The highest BCUT2D eigenvalue weighted by Crippen LogP contribution is 2.56. The van der Waals surface area contributed by atoms with Gasteiger partial charge in [0.25, 0.3) is 0 Å². The van der Waals surface area contributed by atoms with E-state index in [4.69, 9.17) is 35.8 Å². The first-order valence-electron chi connectivity index (χ1n) is 19.5. The van der Waals surface area contributed by atoms with Gasteiger partial charge in [0, 0.05) is 10.9 Å². The SMILES string of the molecule is [B]c1c([B])c([B])c2c(-c3ccc4oc(-c5ccc6c(c5)-c5ccccc5C6(c5ccccc5)c5ccccc5)cc4c3)c3ccccc3c(-c3ccccc3)c2c1[B]. The molecular weight excluding hydrogens is 696 g/mol. The highest BCUT2D eigenvalue weighted by atomic mass is 16.3. The zero-order valence-electron chi connectivity index (χ0n) is 31.5. The molecule has 5 heteroatoms. The summed E-state index contributed by atoms with van der Waals surface area (Å²) in [5.74, 6) is 0.791. The molecule has 0 aliphatic heterocycles. The zero-order valence-corrected chi connectivity index (χ0v) is 31.5. The summed E-state index contributed by atoms with van der Waals surface area (Å²) in [4.78, 5) is 0. The van der Waals surface area contributed by atoms with E-state index in [0.29, 0.717) is 16.4 Å². The minimum atomic E-state index is -0.462. The van der Waals surface area contributed by atoms with Crippen molar-refractivity contribution in [3.63, 3.8) is 0 Å². The van der Waals surface area contributed by atoms with Crippen LogP contribution in [0.1, 0.15) is 22.3 Å². The van der Waals surface area contributed by atoms with Crippen molar-refractivity contribution in [2.45, 2.75) is 5.41 Å². The monoisotopic (exact) mass is 726 g/mol. The first kappa shape index (κ1) is 34.5. The standard InChI is InChI=1S/C53H30B4O/c54-49-47-45(31-14-4-1-5-15-31)38-21-10-11-22-39(38)46(48(47)50(55)52(57)51(49)56)33-25-27-43-34(28-33)30-44(58-43)32-24-26-42-40(29-32)37-20-12-13-23-41(37)53(42,35-16-6-2-7-17-35)36-18-8-3-9-19-36/h1-30H. The Morgan fingerprint density at radius 2 is 0.897 bits per heavy atom. The van der Waals surface area contributed by atoms with Crippen LogP contribution in [0.4, 0.5) is 0 Å². The van der Waals surface area contributed by atoms with Crippen LogP contribution in [0.25, 0.3) is 77.2 Å². The van der Waals surface area contributed by atoms with Crippen LogP contribution < -0.4 is 21.9 Å². The fraction of sp³-hybridized carbons (Fsp3) is 0.0189. The predicted molar refractivity (Wildman–Crippen MR) is 246 cm³/mol. The maximum absolute atomic E-state index is 6.95. The van der Waals surface area contributed by atoms with Crippen LogP contribution >= 0.6 is 0 Å². The number of fused-ring (bicyclic) bond motifs is 6. The molecule has 0 saturated carbocycles. The van der Waals surface area contributed by atoms with E-state index in [9.17, 15) is 0 Å². The van der Waals surface area contributed by atoms with Crippen molar-refractivity contribution in [1.82, 2.24) is 0 Å². The van der Waals surface area contributed by atoms with E-state index >= 15 is 0 Å². The summed E-state index contributed by atoms with van der Waals surface area (Å²) in [5.41, 5.74) is 14.0. The lowest BCUT2D eigenvalue weighted by Crippen LogP contribution is -2.48. The predicted octanol–water partition coefficient (Wildman–Crippen LogP) is 9.28. The van der Waals surface area contributed by atoms with E-state index in [-0.39, 0.29) is 5.46 Å². The lowest BCUT2D eigenvalue weighted by atomic mass is 9.62. The number of furan rings is 1. The highest BCUT2D eigenvalue weighted by Gasteiger charge is 2.46. The molecule has 0 unspecified atom stereocenters. The number of hydrogen-bond donors (Lipinski definition) is 0. The zero-order chi connectivity index (χ0) is 39.1. The number of rotatable bonds is 5. The van der Waals surface area contributed by atoms with E-state index in [1.54, 1.807) is 0 Å². The molecule has 1 heterocycles. The molecular formula is C53H30B4O. The van der Waals surface area contributed by atoms with Crippen molar-refractivity contribution in [3.05, 3.63) is 204 Å². The summed E-state index contributed by atoms with van der Waals surface area (Å²) >= 11 is 0. The molecule has 10 aromatic rings. The summed E-state index contributed by atoms with van der Waals surface area (Å²) in [5, 5.41) is 4.61. The van der Waals surface area contributed by atoms with Crippen LogP contribution in [-0.4, -0.2) is 31.4 Å². The fourth-order valence-electron chi connectivity index (χ4n) is 9.68. The second kappa shape index (κ2) is 13.2. The average molecular weight is 726 g/mol. The largest absolute Gasteiger partial charge is 0.456 e. The Balaban J connectivity index is 1.11. The van der Waals surface area contributed by atoms with Crippen LogP contribution in [0.15, 0.2) is 186 Å². The van der Waals surface area contributed by atoms with E-state index in [1.165, 1.54) is 33.4 Å². The molecule has 1 aromatic heterocycles. The van der Waals surface area contributed by atoms with Gasteiger partial charge >= 0.3 is 0 Å². The molecule has 8 radical (unpaired) electrons. The molecule has 9 aromatic carbocycles. The van der Waals surface area contributed by atoms with Crippen molar-refractivity contribution >= 4 is 85.8 Å². The first-order valence-corrected chi connectivity index (χ1v) is 19.5. The third-order valence-electron chi connectivity index (χ3n) is 12.2. The summed E-state index contributed by atoms with van der Waals surface area (Å²) in [6, 6.07) is 64.3. The van der Waals surface area contributed by atoms with Crippen LogP contribution in [0.5, 0.6) is 0 Å². The van der Waals surface area contributed by atoms with Gasteiger partial charge in [0.05, 0.1) is 5.41 Å². The molecule has 1 nitrogen and oxygen atoms in total. The van der Waals surface area contributed by atoms with Gasteiger partial charge < -0.3 is 4.42 Å². The van der Waals surface area contributed by atoms with Gasteiger partial charge in [-0.15, -0.1) is 10.9 Å². The molecule has 0 saturated heterocycles. The van der Waals surface area contributed by atoms with E-state index in [1.807, 2.05) is 24.3 Å². The van der Waals surface area contributed by atoms with Gasteiger partial charge in [-0.1, -0.05) is 169 Å². The molecule has 0 amide bonds. The second-order valence-corrected chi connectivity index (χ2v) is 15.2. The topological polar surface area (TPSA) is 13.1 Å². The third kappa shape index (κ3) is 4.89. The Morgan fingerprint density at radius 1 is 0.379 bits per heavy atom. The Kier molecular flexibility index (Phi) is 7.85. The molecule has 260 valence electrons. The molecule has 0 atom stereocenters. The fourth-order valence-corrected chi connectivity index (χ4v) is 9.68. The van der Waals surface area contributed by atoms with Crippen LogP contribution in [0, 0.1) is 0 Å². The van der Waals surface area contributed by atoms with Gasteiger partial charge in [-0.3, -0.25) is 0 Å². The van der Waals surface area contributed by atoms with Crippen molar-refractivity contribution in [2.24, 2.45) is 0 Å². The summed E-state index contributed by atoms with van der Waals surface area (Å²) in [6.45, 7) is 0. The quantitative estimate of drug-likeness (QED) is 0.127. The molecule has 0 bridgehead atoms. The van der Waals surface area contributed by atoms with Gasteiger partial charge in [-0.2, -0.15) is 0 Å². The Bertz CT molecular complexity index is 3220. The van der Waals surface area contributed by atoms with Crippen molar-refractivity contribution in [2.75, 3.05) is 0 Å². The lowest BCUT2D eigenvalue weighted by Gasteiger charge is -2.33. The van der Waals surface area contributed by atoms with Gasteiger partial charge in [0.1, 0.15) is 42.7 Å². The maximum Gasteiger partial charge on any atom is 0.135 e.